The van der Waals surface area contributed by atoms with Crippen molar-refractivity contribution in [1.29, 1.82) is 5.26 Å². The van der Waals surface area contributed by atoms with Gasteiger partial charge in [0.05, 0.1) is 6.07 Å². The minimum atomic E-state index is -3.70. The first-order valence-corrected chi connectivity index (χ1v) is 7.01. The molecule has 1 aromatic heterocycles. The summed E-state index contributed by atoms with van der Waals surface area (Å²) in [6.07, 6.45) is 1.47. The van der Waals surface area contributed by atoms with Crippen LogP contribution in [-0.2, 0) is 16.6 Å². The lowest BCUT2D eigenvalue weighted by molar-refractivity contribution is 0.0690. The largest absolute Gasteiger partial charge is 0.477 e. The predicted molar refractivity (Wildman–Crippen MR) is 66.6 cm³/mol. The highest BCUT2D eigenvalue weighted by atomic mass is 32.2. The molecule has 1 atom stereocenters. The number of sulfonamides is 1. The Bertz CT molecular complexity index is 589. The van der Waals surface area contributed by atoms with Crippen LogP contribution in [0.1, 0.15) is 29.4 Å². The third-order valence-corrected chi connectivity index (χ3v) is 4.15. The zero-order valence-corrected chi connectivity index (χ0v) is 11.0. The summed E-state index contributed by atoms with van der Waals surface area (Å²) in [6, 6.07) is 4.46. The van der Waals surface area contributed by atoms with Gasteiger partial charge in [-0.2, -0.15) is 5.26 Å². The molecule has 7 nitrogen and oxygen atoms in total. The number of hydrogen-bond donors (Lipinski definition) is 2. The summed E-state index contributed by atoms with van der Waals surface area (Å²) >= 11 is 0. The van der Waals surface area contributed by atoms with Crippen molar-refractivity contribution in [3.8, 4) is 6.07 Å². The summed E-state index contributed by atoms with van der Waals surface area (Å²) in [7, 11) is -3.70. The van der Waals surface area contributed by atoms with Gasteiger partial charge in [-0.15, -0.1) is 0 Å². The van der Waals surface area contributed by atoms with Crippen molar-refractivity contribution in [1.82, 2.24) is 9.71 Å². The van der Waals surface area contributed by atoms with Crippen LogP contribution >= 0.6 is 0 Å². The van der Waals surface area contributed by atoms with Crippen LogP contribution in [-0.4, -0.2) is 29.7 Å². The molecule has 0 spiro atoms. The second kappa shape index (κ2) is 6.26. The molecule has 0 amide bonds. The van der Waals surface area contributed by atoms with E-state index in [4.69, 9.17) is 10.4 Å². The highest BCUT2D eigenvalue weighted by Crippen LogP contribution is 2.05. The average molecular weight is 283 g/mol. The van der Waals surface area contributed by atoms with Gasteiger partial charge in [0.25, 0.3) is 0 Å². The second-order valence-electron chi connectivity index (χ2n) is 3.75. The molecular weight excluding hydrogens is 270 g/mol. The van der Waals surface area contributed by atoms with Crippen LogP contribution in [0.5, 0.6) is 0 Å². The number of nitrogens with zero attached hydrogens (tertiary/aromatic N) is 2. The van der Waals surface area contributed by atoms with Crippen LogP contribution in [0.4, 0.5) is 0 Å². The predicted octanol–water partition coefficient (Wildman–Crippen LogP) is 0.501. The normalized spacial score (nSPS) is 12.6. The maximum atomic E-state index is 11.7. The topological polar surface area (TPSA) is 120 Å². The Kier molecular flexibility index (Phi) is 4.97. The molecule has 1 unspecified atom stereocenters. The fourth-order valence-corrected chi connectivity index (χ4v) is 2.47. The Balaban J connectivity index is 2.72. The van der Waals surface area contributed by atoms with Crippen LogP contribution < -0.4 is 4.72 Å². The molecule has 0 fully saturated rings. The van der Waals surface area contributed by atoms with Crippen molar-refractivity contribution in [2.45, 2.75) is 25.1 Å². The molecule has 0 aliphatic carbocycles. The molecule has 1 rings (SSSR count). The zero-order valence-electron chi connectivity index (χ0n) is 10.2. The Hall–Kier alpha value is -1.98. The molecule has 1 aromatic rings. The molecule has 8 heteroatoms. The zero-order chi connectivity index (χ0) is 14.5. The summed E-state index contributed by atoms with van der Waals surface area (Å²) in [6.45, 7) is 1.57. The maximum absolute atomic E-state index is 11.7. The number of hydrogen-bond acceptors (Lipinski definition) is 5. The number of nitriles is 1. The third-order valence-electron chi connectivity index (χ3n) is 2.41. The number of aromatic carboxylic acids is 1. The summed E-state index contributed by atoms with van der Waals surface area (Å²) in [5.74, 6) is -1.15. The molecule has 1 heterocycles. The SMILES string of the molecule is CCC(C#N)S(=O)(=O)NCc1ccc(C(=O)O)nc1. The Morgan fingerprint density at radius 1 is 1.58 bits per heavy atom. The highest BCUT2D eigenvalue weighted by molar-refractivity contribution is 7.90. The Labute approximate surface area is 110 Å². The maximum Gasteiger partial charge on any atom is 0.354 e. The van der Waals surface area contributed by atoms with Crippen molar-refractivity contribution < 1.29 is 18.3 Å². The van der Waals surface area contributed by atoms with Crippen molar-refractivity contribution in [3.05, 3.63) is 29.6 Å². The Morgan fingerprint density at radius 2 is 2.26 bits per heavy atom. The van der Waals surface area contributed by atoms with Crippen molar-refractivity contribution >= 4 is 16.0 Å². The molecule has 0 radical (unpaired) electrons. The molecule has 19 heavy (non-hydrogen) atoms. The van der Waals surface area contributed by atoms with E-state index in [0.717, 1.165) is 0 Å². The van der Waals surface area contributed by atoms with Gasteiger partial charge < -0.3 is 5.11 Å². The van der Waals surface area contributed by atoms with Gasteiger partial charge in [0.15, 0.2) is 5.25 Å². The summed E-state index contributed by atoms with van der Waals surface area (Å²) in [5.41, 5.74) is 0.399. The molecule has 102 valence electrons. The van der Waals surface area contributed by atoms with E-state index >= 15 is 0 Å². The lowest BCUT2D eigenvalue weighted by Crippen LogP contribution is -2.32. The lowest BCUT2D eigenvalue weighted by atomic mass is 10.2. The smallest absolute Gasteiger partial charge is 0.354 e. The van der Waals surface area contributed by atoms with E-state index in [2.05, 4.69) is 9.71 Å². The van der Waals surface area contributed by atoms with E-state index in [1.165, 1.54) is 18.3 Å². The molecule has 0 aromatic carbocycles. The molecule has 0 saturated carbocycles. The number of carbonyl (C=O) groups is 1. The van der Waals surface area contributed by atoms with Crippen molar-refractivity contribution in [2.24, 2.45) is 0 Å². The summed E-state index contributed by atoms with van der Waals surface area (Å²) in [5, 5.41) is 16.3. The van der Waals surface area contributed by atoms with Gasteiger partial charge >= 0.3 is 5.97 Å². The quantitative estimate of drug-likeness (QED) is 0.784. The van der Waals surface area contributed by atoms with Crippen LogP contribution in [0.25, 0.3) is 0 Å². The number of aromatic nitrogens is 1. The van der Waals surface area contributed by atoms with Crippen LogP contribution in [0.3, 0.4) is 0 Å². The standard InChI is InChI=1S/C11H13N3O4S/c1-2-9(5-12)19(17,18)14-7-8-3-4-10(11(15)16)13-6-8/h3-4,6,9,14H,2,7H2,1H3,(H,15,16). The third kappa shape index (κ3) is 4.01. The minimum Gasteiger partial charge on any atom is -0.477 e. The monoisotopic (exact) mass is 283 g/mol. The first-order valence-electron chi connectivity index (χ1n) is 5.47. The van der Waals surface area contributed by atoms with Gasteiger partial charge in [0, 0.05) is 12.7 Å². The van der Waals surface area contributed by atoms with E-state index < -0.39 is 21.2 Å². The van der Waals surface area contributed by atoms with Crippen LogP contribution in [0, 0.1) is 11.3 Å². The molecule has 2 N–H and O–H groups in total. The van der Waals surface area contributed by atoms with E-state index in [1.807, 2.05) is 0 Å². The van der Waals surface area contributed by atoms with Gasteiger partial charge in [-0.05, 0) is 18.1 Å². The molecular formula is C11H13N3O4S. The molecule has 0 aliphatic rings. The van der Waals surface area contributed by atoms with Gasteiger partial charge in [0.1, 0.15) is 5.69 Å². The second-order valence-corrected chi connectivity index (χ2v) is 5.70. The first kappa shape index (κ1) is 15.1. The van der Waals surface area contributed by atoms with Gasteiger partial charge in [-0.3, -0.25) is 0 Å². The Morgan fingerprint density at radius 3 is 2.68 bits per heavy atom. The number of pyridine rings is 1. The summed E-state index contributed by atoms with van der Waals surface area (Å²) < 4.78 is 25.7. The number of carboxylic acid groups (broad SMARTS) is 1. The van der Waals surface area contributed by atoms with Crippen molar-refractivity contribution in [3.63, 3.8) is 0 Å². The van der Waals surface area contributed by atoms with E-state index in [9.17, 15) is 13.2 Å². The lowest BCUT2D eigenvalue weighted by Gasteiger charge is -2.09. The average Bonchev–Trinajstić information content (AvgIpc) is 2.38. The minimum absolute atomic E-state index is 0.0343. The number of carboxylic acids is 1. The van der Waals surface area contributed by atoms with E-state index in [1.54, 1.807) is 13.0 Å². The fourth-order valence-electron chi connectivity index (χ4n) is 1.32. The first-order chi connectivity index (χ1) is 8.90. The van der Waals surface area contributed by atoms with Gasteiger partial charge in [0.2, 0.25) is 10.0 Å². The highest BCUT2D eigenvalue weighted by Gasteiger charge is 2.22. The van der Waals surface area contributed by atoms with Crippen molar-refractivity contribution in [2.75, 3.05) is 0 Å². The number of rotatable bonds is 6. The van der Waals surface area contributed by atoms with Gasteiger partial charge in [-0.1, -0.05) is 13.0 Å². The van der Waals surface area contributed by atoms with E-state index in [-0.39, 0.29) is 18.7 Å². The molecule has 0 bridgehead atoms. The molecule has 0 aliphatic heterocycles. The summed E-state index contributed by atoms with van der Waals surface area (Å²) in [4.78, 5) is 14.3. The van der Waals surface area contributed by atoms with Crippen LogP contribution in [0.15, 0.2) is 18.3 Å². The number of nitrogens with one attached hydrogen (secondary N) is 1. The molecule has 0 saturated heterocycles. The van der Waals surface area contributed by atoms with Gasteiger partial charge in [-0.25, -0.2) is 22.9 Å². The van der Waals surface area contributed by atoms with Crippen LogP contribution in [0.2, 0.25) is 0 Å². The van der Waals surface area contributed by atoms with E-state index in [0.29, 0.717) is 5.56 Å². The fraction of sp³-hybridized carbons (Fsp3) is 0.364.